The van der Waals surface area contributed by atoms with Gasteiger partial charge in [-0.1, -0.05) is 24.3 Å². The molecule has 0 spiro atoms. The molecule has 4 aromatic carbocycles. The maximum absolute atomic E-state index is 9.57. The molecule has 7 aromatic rings. The number of nitriles is 1. The first kappa shape index (κ1) is 23.0. The standard InChI is InChI=1S/C37H29N5O/c1-23-15-16-39-36(17-23)42-34-14-11-27(21-38)18-32(34)31-13-12-30(20-35(31)42)43-29-10-6-9-28(19-29)41-22-33(26(4)40-41)37-24(2)7-5-8-25(37)3/h5-20,22H,1-4H3/i1D3. The van der Waals surface area contributed by atoms with Crippen LogP contribution in [0.5, 0.6) is 11.5 Å². The lowest BCUT2D eigenvalue weighted by molar-refractivity contribution is 0.483. The molecule has 43 heavy (non-hydrogen) atoms. The van der Waals surface area contributed by atoms with E-state index in [2.05, 4.69) is 49.3 Å². The molecular formula is C37H29N5O. The summed E-state index contributed by atoms with van der Waals surface area (Å²) >= 11 is 0. The second-order valence-corrected chi connectivity index (χ2v) is 10.7. The lowest BCUT2D eigenvalue weighted by Gasteiger charge is -2.10. The summed E-state index contributed by atoms with van der Waals surface area (Å²) < 4.78 is 34.0. The molecule has 0 N–H and O–H groups in total. The number of hydrogen-bond acceptors (Lipinski definition) is 4. The number of hydrogen-bond donors (Lipinski definition) is 0. The predicted molar refractivity (Wildman–Crippen MR) is 171 cm³/mol. The fourth-order valence-electron chi connectivity index (χ4n) is 5.82. The van der Waals surface area contributed by atoms with E-state index in [0.717, 1.165) is 38.8 Å². The predicted octanol–water partition coefficient (Wildman–Crippen LogP) is 8.93. The lowest BCUT2D eigenvalue weighted by Crippen LogP contribution is -1.98. The second-order valence-electron chi connectivity index (χ2n) is 10.7. The van der Waals surface area contributed by atoms with E-state index in [0.29, 0.717) is 22.9 Å². The number of aryl methyl sites for hydroxylation is 4. The number of pyridine rings is 1. The highest BCUT2D eigenvalue weighted by Gasteiger charge is 2.16. The van der Waals surface area contributed by atoms with Crippen LogP contribution in [0.4, 0.5) is 0 Å². The Hall–Kier alpha value is -5.67. The van der Waals surface area contributed by atoms with E-state index in [1.54, 1.807) is 12.1 Å². The quantitative estimate of drug-likeness (QED) is 0.210. The molecule has 0 unspecified atom stereocenters. The van der Waals surface area contributed by atoms with E-state index < -0.39 is 6.85 Å². The van der Waals surface area contributed by atoms with E-state index in [1.165, 1.54) is 29.0 Å². The molecule has 208 valence electrons. The van der Waals surface area contributed by atoms with Crippen LogP contribution in [-0.4, -0.2) is 19.3 Å². The Morgan fingerprint density at radius 1 is 0.814 bits per heavy atom. The molecular weight excluding hydrogens is 530 g/mol. The Morgan fingerprint density at radius 3 is 2.44 bits per heavy atom. The smallest absolute Gasteiger partial charge is 0.137 e. The summed E-state index contributed by atoms with van der Waals surface area (Å²) in [5.41, 5.74) is 8.81. The van der Waals surface area contributed by atoms with Crippen molar-refractivity contribution in [3.05, 3.63) is 131 Å². The van der Waals surface area contributed by atoms with Crippen molar-refractivity contribution in [3.8, 4) is 40.2 Å². The molecule has 0 fully saturated rings. The van der Waals surface area contributed by atoms with E-state index in [4.69, 9.17) is 13.9 Å². The van der Waals surface area contributed by atoms with E-state index in [-0.39, 0.29) is 5.56 Å². The van der Waals surface area contributed by atoms with Crippen LogP contribution in [0.15, 0.2) is 103 Å². The van der Waals surface area contributed by atoms with Gasteiger partial charge in [0.2, 0.25) is 0 Å². The lowest BCUT2D eigenvalue weighted by atomic mass is 9.96. The van der Waals surface area contributed by atoms with Crippen LogP contribution in [0.2, 0.25) is 0 Å². The van der Waals surface area contributed by atoms with Crippen LogP contribution in [-0.2, 0) is 0 Å². The van der Waals surface area contributed by atoms with E-state index >= 15 is 0 Å². The summed E-state index contributed by atoms with van der Waals surface area (Å²) in [5.74, 6) is 1.69. The van der Waals surface area contributed by atoms with Gasteiger partial charge in [0.05, 0.1) is 34.0 Å². The topological polar surface area (TPSA) is 68.7 Å². The third kappa shape index (κ3) is 4.61. The highest BCUT2D eigenvalue weighted by atomic mass is 16.5. The minimum absolute atomic E-state index is 0.194. The molecule has 3 aromatic heterocycles. The highest BCUT2D eigenvalue weighted by Crippen LogP contribution is 2.36. The summed E-state index contributed by atoms with van der Waals surface area (Å²) in [5, 5.41) is 16.1. The first-order valence-electron chi connectivity index (χ1n) is 15.5. The minimum atomic E-state index is -2.28. The average molecular weight is 563 g/mol. The van der Waals surface area contributed by atoms with Gasteiger partial charge in [-0.25, -0.2) is 9.67 Å². The largest absolute Gasteiger partial charge is 0.457 e. The van der Waals surface area contributed by atoms with Gasteiger partial charge in [0.15, 0.2) is 0 Å². The summed E-state index contributed by atoms with van der Waals surface area (Å²) in [6.45, 7) is 3.98. The van der Waals surface area contributed by atoms with Gasteiger partial charge < -0.3 is 4.74 Å². The van der Waals surface area contributed by atoms with Crippen molar-refractivity contribution in [1.82, 2.24) is 19.3 Å². The second kappa shape index (κ2) is 10.3. The fraction of sp³-hybridized carbons (Fsp3) is 0.108. The molecule has 6 nitrogen and oxygen atoms in total. The van der Waals surface area contributed by atoms with Crippen LogP contribution in [0.1, 0.15) is 32.1 Å². The van der Waals surface area contributed by atoms with Crippen LogP contribution in [0.25, 0.3) is 44.4 Å². The Morgan fingerprint density at radius 2 is 1.63 bits per heavy atom. The SMILES string of the molecule is [2H]C([2H])([2H])c1ccnc(-n2c3ccc(C#N)cc3c3ccc(Oc4cccc(-n5cc(-c6c(C)cccc6C)c(C)n5)c4)cc32)c1. The maximum Gasteiger partial charge on any atom is 0.137 e. The van der Waals surface area contributed by atoms with Gasteiger partial charge in [-0.15, -0.1) is 0 Å². The first-order valence-corrected chi connectivity index (χ1v) is 14.0. The summed E-state index contributed by atoms with van der Waals surface area (Å²) in [4.78, 5) is 4.54. The molecule has 0 aliphatic rings. The van der Waals surface area contributed by atoms with Crippen LogP contribution in [0, 0.1) is 39.0 Å². The first-order chi connectivity index (χ1) is 22.1. The molecule has 7 rings (SSSR count). The summed E-state index contributed by atoms with van der Waals surface area (Å²) in [6.07, 6.45) is 3.57. The Kier molecular flexibility index (Phi) is 5.50. The van der Waals surface area contributed by atoms with Crippen molar-refractivity contribution in [2.24, 2.45) is 0 Å². The summed E-state index contributed by atoms with van der Waals surface area (Å²) in [6, 6.07) is 30.6. The number of aromatic nitrogens is 4. The zero-order valence-electron chi connectivity index (χ0n) is 27.0. The molecule has 0 radical (unpaired) electrons. The Balaban J connectivity index is 1.30. The third-order valence-electron chi connectivity index (χ3n) is 7.81. The molecule has 0 aliphatic carbocycles. The monoisotopic (exact) mass is 562 g/mol. The van der Waals surface area contributed by atoms with Gasteiger partial charge in [-0.05, 0) is 104 Å². The number of rotatable bonds is 5. The van der Waals surface area contributed by atoms with Gasteiger partial charge in [-0.2, -0.15) is 10.4 Å². The molecule has 0 bridgehead atoms. The third-order valence-corrected chi connectivity index (χ3v) is 7.81. The molecule has 6 heteroatoms. The van der Waals surface area contributed by atoms with Crippen molar-refractivity contribution >= 4 is 21.8 Å². The van der Waals surface area contributed by atoms with Crippen molar-refractivity contribution in [2.45, 2.75) is 27.6 Å². The van der Waals surface area contributed by atoms with Crippen molar-refractivity contribution in [1.29, 1.82) is 5.26 Å². The van der Waals surface area contributed by atoms with Gasteiger partial charge in [-0.3, -0.25) is 4.57 Å². The Bertz CT molecular complexity index is 2320. The van der Waals surface area contributed by atoms with E-state index in [9.17, 15) is 5.26 Å². The molecule has 0 saturated carbocycles. The zero-order chi connectivity index (χ0) is 32.2. The van der Waals surface area contributed by atoms with Gasteiger partial charge in [0, 0.05) is 45.0 Å². The number of benzene rings is 4. The molecule has 0 saturated heterocycles. The maximum atomic E-state index is 9.57. The van der Waals surface area contributed by atoms with Gasteiger partial charge >= 0.3 is 0 Å². The van der Waals surface area contributed by atoms with E-state index in [1.807, 2.05) is 70.8 Å². The normalized spacial score (nSPS) is 12.6. The summed E-state index contributed by atoms with van der Waals surface area (Å²) in [7, 11) is 0. The number of nitrogens with zero attached hydrogens (tertiary/aromatic N) is 5. The molecule has 0 atom stereocenters. The van der Waals surface area contributed by atoms with Crippen molar-refractivity contribution in [2.75, 3.05) is 0 Å². The van der Waals surface area contributed by atoms with Crippen LogP contribution < -0.4 is 4.74 Å². The molecule has 3 heterocycles. The fourth-order valence-corrected chi connectivity index (χ4v) is 5.82. The van der Waals surface area contributed by atoms with Crippen LogP contribution >= 0.6 is 0 Å². The molecule has 0 aliphatic heterocycles. The zero-order valence-corrected chi connectivity index (χ0v) is 24.0. The number of fused-ring (bicyclic) bond motifs is 3. The van der Waals surface area contributed by atoms with Gasteiger partial charge in [0.1, 0.15) is 17.3 Å². The van der Waals surface area contributed by atoms with Crippen molar-refractivity contribution < 1.29 is 8.85 Å². The number of ether oxygens (including phenoxy) is 1. The highest BCUT2D eigenvalue weighted by molar-refractivity contribution is 6.09. The minimum Gasteiger partial charge on any atom is -0.457 e. The van der Waals surface area contributed by atoms with Crippen LogP contribution in [0.3, 0.4) is 0 Å². The molecule has 0 amide bonds. The average Bonchev–Trinajstić information content (AvgIpc) is 3.57. The van der Waals surface area contributed by atoms with Crippen molar-refractivity contribution in [3.63, 3.8) is 0 Å². The van der Waals surface area contributed by atoms with Gasteiger partial charge in [0.25, 0.3) is 0 Å². The Labute approximate surface area is 254 Å².